The summed E-state index contributed by atoms with van der Waals surface area (Å²) in [6, 6.07) is 21.9. The molecular formula is C21H19ClN2O4S. The Hall–Kier alpha value is -2.87. The molecule has 0 bridgehead atoms. The minimum atomic E-state index is -3.82. The average Bonchev–Trinajstić information content (AvgIpc) is 2.70. The molecule has 3 aromatic carbocycles. The van der Waals surface area contributed by atoms with Gasteiger partial charge in [0, 0.05) is 12.1 Å². The second-order valence-electron chi connectivity index (χ2n) is 6.17. The molecule has 3 rings (SSSR count). The number of para-hydroxylation sites is 3. The molecule has 150 valence electrons. The van der Waals surface area contributed by atoms with E-state index in [1.165, 1.54) is 31.3 Å². The van der Waals surface area contributed by atoms with E-state index < -0.39 is 15.9 Å². The summed E-state index contributed by atoms with van der Waals surface area (Å²) in [4.78, 5) is 12.5. The standard InChI is InChI=1S/C21H19ClN2O4S/c1-24(29(26,27)18-13-11-16(22)12-14-18)15-21(25)23-19-9-5-6-10-20(19)28-17-7-3-2-4-8-17/h2-14H,15H2,1H3,(H,23,25). The molecule has 29 heavy (non-hydrogen) atoms. The van der Waals surface area contributed by atoms with E-state index in [9.17, 15) is 13.2 Å². The zero-order valence-electron chi connectivity index (χ0n) is 15.6. The predicted molar refractivity (Wildman–Crippen MR) is 113 cm³/mol. The number of hydrogen-bond acceptors (Lipinski definition) is 4. The van der Waals surface area contributed by atoms with E-state index in [0.717, 1.165) is 4.31 Å². The zero-order valence-corrected chi connectivity index (χ0v) is 17.2. The van der Waals surface area contributed by atoms with E-state index in [0.29, 0.717) is 22.2 Å². The predicted octanol–water partition coefficient (Wildman–Crippen LogP) is 4.39. The lowest BCUT2D eigenvalue weighted by atomic mass is 10.3. The van der Waals surface area contributed by atoms with E-state index in [1.54, 1.807) is 36.4 Å². The first-order valence-electron chi connectivity index (χ1n) is 8.70. The Kier molecular flexibility index (Phi) is 6.53. The van der Waals surface area contributed by atoms with Crippen LogP contribution in [-0.4, -0.2) is 32.2 Å². The maximum absolute atomic E-state index is 12.6. The number of nitrogens with zero attached hydrogens (tertiary/aromatic N) is 1. The van der Waals surface area contributed by atoms with Gasteiger partial charge in [-0.25, -0.2) is 8.42 Å². The van der Waals surface area contributed by atoms with Crippen LogP contribution in [0.3, 0.4) is 0 Å². The van der Waals surface area contributed by atoms with Crippen LogP contribution in [0.15, 0.2) is 83.8 Å². The van der Waals surface area contributed by atoms with Crippen LogP contribution in [0.5, 0.6) is 11.5 Å². The van der Waals surface area contributed by atoms with Gasteiger partial charge in [-0.2, -0.15) is 4.31 Å². The molecular weight excluding hydrogens is 412 g/mol. The summed E-state index contributed by atoms with van der Waals surface area (Å²) in [5.74, 6) is 0.584. The third-order valence-electron chi connectivity index (χ3n) is 4.02. The Morgan fingerprint density at radius 2 is 1.59 bits per heavy atom. The number of ether oxygens (including phenoxy) is 1. The number of nitrogens with one attached hydrogen (secondary N) is 1. The summed E-state index contributed by atoms with van der Waals surface area (Å²) in [6.45, 7) is -0.357. The lowest BCUT2D eigenvalue weighted by Gasteiger charge is -2.18. The van der Waals surface area contributed by atoms with Gasteiger partial charge >= 0.3 is 0 Å². The number of carbonyl (C=O) groups excluding carboxylic acids is 1. The van der Waals surface area contributed by atoms with Crippen LogP contribution in [0.2, 0.25) is 5.02 Å². The fourth-order valence-corrected chi connectivity index (χ4v) is 3.79. The van der Waals surface area contributed by atoms with Gasteiger partial charge in [0.15, 0.2) is 5.75 Å². The van der Waals surface area contributed by atoms with E-state index in [2.05, 4.69) is 5.32 Å². The van der Waals surface area contributed by atoms with Crippen LogP contribution < -0.4 is 10.1 Å². The first-order valence-corrected chi connectivity index (χ1v) is 10.5. The summed E-state index contributed by atoms with van der Waals surface area (Å²) in [5.41, 5.74) is 0.443. The third kappa shape index (κ3) is 5.35. The average molecular weight is 431 g/mol. The Bertz CT molecular complexity index is 1090. The van der Waals surface area contributed by atoms with Crippen LogP contribution in [0, 0.1) is 0 Å². The van der Waals surface area contributed by atoms with Gasteiger partial charge in [-0.15, -0.1) is 0 Å². The molecule has 0 atom stereocenters. The van der Waals surface area contributed by atoms with Crippen LogP contribution >= 0.6 is 11.6 Å². The SMILES string of the molecule is CN(CC(=O)Nc1ccccc1Oc1ccccc1)S(=O)(=O)c1ccc(Cl)cc1. The zero-order chi connectivity index (χ0) is 20.9. The highest BCUT2D eigenvalue weighted by molar-refractivity contribution is 7.89. The Balaban J connectivity index is 1.70. The van der Waals surface area contributed by atoms with Crippen molar-refractivity contribution in [1.82, 2.24) is 4.31 Å². The van der Waals surface area contributed by atoms with E-state index in [-0.39, 0.29) is 11.4 Å². The van der Waals surface area contributed by atoms with Crippen LogP contribution in [0.1, 0.15) is 0 Å². The molecule has 0 aromatic heterocycles. The Morgan fingerprint density at radius 3 is 2.28 bits per heavy atom. The summed E-state index contributed by atoms with van der Waals surface area (Å²) >= 11 is 5.80. The highest BCUT2D eigenvalue weighted by Crippen LogP contribution is 2.29. The Labute approximate surface area is 174 Å². The van der Waals surface area contributed by atoms with Crippen LogP contribution in [0.4, 0.5) is 5.69 Å². The molecule has 0 spiro atoms. The fraction of sp³-hybridized carbons (Fsp3) is 0.0952. The molecule has 0 fully saturated rings. The number of sulfonamides is 1. The van der Waals surface area contributed by atoms with E-state index in [1.807, 2.05) is 18.2 Å². The minimum absolute atomic E-state index is 0.0602. The molecule has 0 aliphatic rings. The second-order valence-corrected chi connectivity index (χ2v) is 8.66. The number of rotatable bonds is 7. The van der Waals surface area contributed by atoms with Crippen molar-refractivity contribution in [3.8, 4) is 11.5 Å². The van der Waals surface area contributed by atoms with Gasteiger partial charge in [-0.3, -0.25) is 4.79 Å². The maximum atomic E-state index is 12.6. The number of likely N-dealkylation sites (N-methyl/N-ethyl adjacent to an activating group) is 1. The van der Waals surface area contributed by atoms with Gasteiger partial charge < -0.3 is 10.1 Å². The number of hydrogen-bond donors (Lipinski definition) is 1. The van der Waals surface area contributed by atoms with E-state index in [4.69, 9.17) is 16.3 Å². The van der Waals surface area contributed by atoms with Gasteiger partial charge in [-0.1, -0.05) is 41.9 Å². The maximum Gasteiger partial charge on any atom is 0.243 e. The first kappa shape index (κ1) is 20.9. The number of halogens is 1. The minimum Gasteiger partial charge on any atom is -0.455 e. The number of carbonyl (C=O) groups is 1. The van der Waals surface area contributed by atoms with Crippen LogP contribution in [-0.2, 0) is 14.8 Å². The van der Waals surface area contributed by atoms with Crippen molar-refractivity contribution in [3.05, 3.63) is 83.9 Å². The summed E-state index contributed by atoms with van der Waals surface area (Å²) < 4.78 is 32.0. The van der Waals surface area contributed by atoms with Gasteiger partial charge in [0.2, 0.25) is 15.9 Å². The van der Waals surface area contributed by atoms with Gasteiger partial charge in [0.05, 0.1) is 17.1 Å². The van der Waals surface area contributed by atoms with Crippen molar-refractivity contribution in [1.29, 1.82) is 0 Å². The molecule has 0 unspecified atom stereocenters. The van der Waals surface area contributed by atoms with E-state index >= 15 is 0 Å². The lowest BCUT2D eigenvalue weighted by Crippen LogP contribution is -2.35. The molecule has 0 aliphatic heterocycles. The third-order valence-corrected chi connectivity index (χ3v) is 6.09. The molecule has 0 heterocycles. The summed E-state index contributed by atoms with van der Waals surface area (Å²) in [7, 11) is -2.48. The number of benzene rings is 3. The molecule has 3 aromatic rings. The Morgan fingerprint density at radius 1 is 0.966 bits per heavy atom. The molecule has 0 saturated carbocycles. The monoisotopic (exact) mass is 430 g/mol. The summed E-state index contributed by atoms with van der Waals surface area (Å²) in [6.07, 6.45) is 0. The molecule has 8 heteroatoms. The molecule has 1 N–H and O–H groups in total. The quantitative estimate of drug-likeness (QED) is 0.603. The molecule has 0 aliphatic carbocycles. The topological polar surface area (TPSA) is 75.7 Å². The van der Waals surface area contributed by atoms with Gasteiger partial charge in [-0.05, 0) is 48.5 Å². The highest BCUT2D eigenvalue weighted by Gasteiger charge is 2.23. The molecule has 6 nitrogen and oxygen atoms in total. The molecule has 1 amide bonds. The lowest BCUT2D eigenvalue weighted by molar-refractivity contribution is -0.116. The summed E-state index contributed by atoms with van der Waals surface area (Å²) in [5, 5.41) is 3.13. The molecule has 0 saturated heterocycles. The fourth-order valence-electron chi connectivity index (χ4n) is 2.54. The largest absolute Gasteiger partial charge is 0.455 e. The first-order chi connectivity index (χ1) is 13.9. The van der Waals surface area contributed by atoms with Crippen LogP contribution in [0.25, 0.3) is 0 Å². The molecule has 0 radical (unpaired) electrons. The van der Waals surface area contributed by atoms with Crippen molar-refractivity contribution in [2.24, 2.45) is 0 Å². The van der Waals surface area contributed by atoms with Crippen molar-refractivity contribution < 1.29 is 17.9 Å². The number of amides is 1. The van der Waals surface area contributed by atoms with Gasteiger partial charge in [0.1, 0.15) is 5.75 Å². The smallest absolute Gasteiger partial charge is 0.243 e. The van der Waals surface area contributed by atoms with Crippen molar-refractivity contribution in [2.75, 3.05) is 18.9 Å². The van der Waals surface area contributed by atoms with Crippen molar-refractivity contribution in [2.45, 2.75) is 4.90 Å². The normalized spacial score (nSPS) is 11.3. The number of anilines is 1. The highest BCUT2D eigenvalue weighted by atomic mass is 35.5. The second kappa shape index (κ2) is 9.09. The van der Waals surface area contributed by atoms with Gasteiger partial charge in [0.25, 0.3) is 0 Å². The van der Waals surface area contributed by atoms with Crippen molar-refractivity contribution >= 4 is 33.2 Å². The van der Waals surface area contributed by atoms with Crippen molar-refractivity contribution in [3.63, 3.8) is 0 Å².